The Morgan fingerprint density at radius 1 is 1.09 bits per heavy atom. The Balaban J connectivity index is 1.43. The molecule has 4 rings (SSSR count). The topological polar surface area (TPSA) is 124 Å². The third kappa shape index (κ3) is 10.0. The van der Waals surface area contributed by atoms with Crippen LogP contribution in [0, 0.1) is 11.7 Å². The standard InChI is InChI=1S/C38H49Cl2FN8O4/c1-8-25(13-15-46(4)5)37(51)48-16-18-49(19-17-48)38(52)28-10-9-26(21-31(28)39)45-36(50)35-44-23-32(47(35)6)29-12-11-27(34(41)33(29)40)30(22-42-3)24(2)43-14-20-53-7/h9-12,21-23,25,43H,8,13-20H2,1-7H3,(H,45,50)/b30-24+,42-22?. The molecule has 1 aliphatic heterocycles. The number of halogens is 3. The van der Waals surface area contributed by atoms with Gasteiger partial charge in [-0.3, -0.25) is 19.4 Å². The molecule has 53 heavy (non-hydrogen) atoms. The van der Waals surface area contributed by atoms with Crippen molar-refractivity contribution in [2.45, 2.75) is 26.7 Å². The molecule has 0 aliphatic carbocycles. The number of ether oxygens (including phenoxy) is 1. The third-order valence-electron chi connectivity index (χ3n) is 9.30. The molecule has 1 aromatic heterocycles. The Hall–Kier alpha value is -4.30. The molecule has 3 amide bonds. The van der Waals surface area contributed by atoms with Crippen molar-refractivity contribution in [1.82, 2.24) is 29.6 Å². The van der Waals surface area contributed by atoms with E-state index in [-0.39, 0.29) is 39.2 Å². The minimum Gasteiger partial charge on any atom is -0.386 e. The van der Waals surface area contributed by atoms with Crippen LogP contribution in [0.4, 0.5) is 10.1 Å². The van der Waals surface area contributed by atoms with Crippen LogP contribution in [0.15, 0.2) is 47.2 Å². The van der Waals surface area contributed by atoms with Gasteiger partial charge < -0.3 is 34.6 Å². The normalized spacial score (nSPS) is 14.5. The Bertz CT molecular complexity index is 1850. The van der Waals surface area contributed by atoms with Gasteiger partial charge in [0.05, 0.1) is 34.1 Å². The van der Waals surface area contributed by atoms with Crippen molar-refractivity contribution >= 4 is 58.4 Å². The van der Waals surface area contributed by atoms with Crippen molar-refractivity contribution in [2.24, 2.45) is 18.0 Å². The van der Waals surface area contributed by atoms with E-state index in [0.29, 0.717) is 73.1 Å². The Morgan fingerprint density at radius 2 is 1.77 bits per heavy atom. The largest absolute Gasteiger partial charge is 0.386 e. The van der Waals surface area contributed by atoms with Gasteiger partial charge in [0, 0.05) is 94.1 Å². The second-order valence-corrected chi connectivity index (χ2v) is 13.9. The molecule has 0 bridgehead atoms. The molecule has 2 N–H and O–H groups in total. The number of imidazole rings is 1. The molecule has 1 unspecified atom stereocenters. The van der Waals surface area contributed by atoms with Crippen molar-refractivity contribution in [3.05, 3.63) is 75.0 Å². The minimum absolute atomic E-state index is 0.0391. The van der Waals surface area contributed by atoms with E-state index < -0.39 is 11.7 Å². The van der Waals surface area contributed by atoms with Crippen molar-refractivity contribution in [1.29, 1.82) is 0 Å². The van der Waals surface area contributed by atoms with Gasteiger partial charge in [-0.2, -0.15) is 0 Å². The maximum absolute atomic E-state index is 15.8. The number of anilines is 1. The number of aliphatic imine (C=N–C) groups is 1. The van der Waals surface area contributed by atoms with Crippen LogP contribution in [0.1, 0.15) is 53.2 Å². The number of aromatic nitrogens is 2. The second kappa shape index (κ2) is 19.2. The number of hydrogen-bond acceptors (Lipinski definition) is 8. The molecule has 0 saturated carbocycles. The van der Waals surface area contributed by atoms with E-state index in [0.717, 1.165) is 19.4 Å². The van der Waals surface area contributed by atoms with Crippen molar-refractivity contribution in [3.8, 4) is 11.3 Å². The molecule has 1 saturated heterocycles. The SMILES string of the molecule is CCC(CCN(C)C)C(=O)N1CCN(C(=O)c2ccc(NC(=O)c3ncc(-c4ccc(/C(C=NC)=C(\C)NCCOC)c(F)c4Cl)n3C)cc2Cl)CC1. The summed E-state index contributed by atoms with van der Waals surface area (Å²) in [5, 5.41) is 6.02. The summed E-state index contributed by atoms with van der Waals surface area (Å²) in [6.07, 6.45) is 4.58. The van der Waals surface area contributed by atoms with Gasteiger partial charge >= 0.3 is 0 Å². The summed E-state index contributed by atoms with van der Waals surface area (Å²) in [5.74, 6) is -1.28. The number of nitrogens with one attached hydrogen (secondary N) is 2. The zero-order valence-corrected chi connectivity index (χ0v) is 32.9. The molecule has 1 atom stereocenters. The summed E-state index contributed by atoms with van der Waals surface area (Å²) < 4.78 is 22.4. The summed E-state index contributed by atoms with van der Waals surface area (Å²) in [6.45, 7) is 7.42. The molecule has 12 nitrogen and oxygen atoms in total. The van der Waals surface area contributed by atoms with Crippen LogP contribution in [0.3, 0.4) is 0 Å². The molecule has 3 aromatic rings. The molecule has 2 heterocycles. The van der Waals surface area contributed by atoms with Crippen LogP contribution in [0.25, 0.3) is 16.8 Å². The summed E-state index contributed by atoms with van der Waals surface area (Å²) in [5.41, 5.74) is 2.94. The lowest BCUT2D eigenvalue weighted by Gasteiger charge is -2.36. The lowest BCUT2D eigenvalue weighted by molar-refractivity contribution is -0.137. The fraction of sp³-hybridized carbons (Fsp3) is 0.447. The first kappa shape index (κ1) is 41.5. The van der Waals surface area contributed by atoms with Crippen LogP contribution < -0.4 is 10.6 Å². The van der Waals surface area contributed by atoms with E-state index in [2.05, 4.69) is 25.5 Å². The number of rotatable bonds is 15. The van der Waals surface area contributed by atoms with Crippen molar-refractivity contribution in [3.63, 3.8) is 0 Å². The van der Waals surface area contributed by atoms with Crippen LogP contribution in [-0.4, -0.2) is 122 Å². The number of allylic oxidation sites excluding steroid dienone is 2. The van der Waals surface area contributed by atoms with E-state index in [1.807, 2.05) is 32.8 Å². The van der Waals surface area contributed by atoms with Crippen molar-refractivity contribution in [2.75, 3.05) is 79.4 Å². The first-order chi connectivity index (χ1) is 25.3. The number of amides is 3. The van der Waals surface area contributed by atoms with Gasteiger partial charge in [0.2, 0.25) is 5.91 Å². The lowest BCUT2D eigenvalue weighted by atomic mass is 10.00. The van der Waals surface area contributed by atoms with E-state index >= 15 is 4.39 Å². The number of nitrogens with zero attached hydrogens (tertiary/aromatic N) is 6. The van der Waals surface area contributed by atoms with Gasteiger partial charge in [-0.15, -0.1) is 0 Å². The molecule has 0 spiro atoms. The van der Waals surface area contributed by atoms with E-state index in [9.17, 15) is 14.4 Å². The molecule has 1 fully saturated rings. The first-order valence-corrected chi connectivity index (χ1v) is 18.3. The molecular formula is C38H49Cl2FN8O4. The van der Waals surface area contributed by atoms with E-state index in [4.69, 9.17) is 27.9 Å². The predicted octanol–water partition coefficient (Wildman–Crippen LogP) is 5.72. The molecule has 1 aliphatic rings. The number of carbonyl (C=O) groups excluding carboxylic acids is 3. The van der Waals surface area contributed by atoms with Gasteiger partial charge in [0.1, 0.15) is 5.82 Å². The summed E-state index contributed by atoms with van der Waals surface area (Å²) in [7, 11) is 8.82. The number of hydrogen-bond donors (Lipinski definition) is 2. The second-order valence-electron chi connectivity index (χ2n) is 13.1. The highest BCUT2D eigenvalue weighted by Gasteiger charge is 2.29. The van der Waals surface area contributed by atoms with Crippen LogP contribution >= 0.6 is 23.2 Å². The van der Waals surface area contributed by atoms with Crippen molar-refractivity contribution < 1.29 is 23.5 Å². The molecular weight excluding hydrogens is 722 g/mol. The molecule has 286 valence electrons. The predicted molar refractivity (Wildman–Crippen MR) is 209 cm³/mol. The van der Waals surface area contributed by atoms with Crippen LogP contribution in [0.2, 0.25) is 10.0 Å². The average Bonchev–Trinajstić information content (AvgIpc) is 3.52. The van der Waals surface area contributed by atoms with Gasteiger partial charge in [-0.25, -0.2) is 9.37 Å². The molecule has 15 heteroatoms. The summed E-state index contributed by atoms with van der Waals surface area (Å²) >= 11 is 13.2. The van der Waals surface area contributed by atoms with E-state index in [1.165, 1.54) is 16.8 Å². The number of methoxy groups -OCH3 is 1. The van der Waals surface area contributed by atoms with Gasteiger partial charge in [-0.05, 0) is 58.6 Å². The fourth-order valence-electron chi connectivity index (χ4n) is 6.19. The van der Waals surface area contributed by atoms with Gasteiger partial charge in [-0.1, -0.05) is 42.3 Å². The smallest absolute Gasteiger partial charge is 0.291 e. The van der Waals surface area contributed by atoms with Crippen LogP contribution in [-0.2, 0) is 16.6 Å². The van der Waals surface area contributed by atoms with E-state index in [1.54, 1.807) is 56.6 Å². The Morgan fingerprint density at radius 3 is 2.40 bits per heavy atom. The zero-order valence-electron chi connectivity index (χ0n) is 31.4. The average molecular weight is 772 g/mol. The lowest BCUT2D eigenvalue weighted by Crippen LogP contribution is -2.52. The number of benzene rings is 2. The highest BCUT2D eigenvalue weighted by atomic mass is 35.5. The zero-order chi connectivity index (χ0) is 38.8. The maximum Gasteiger partial charge on any atom is 0.291 e. The number of piperazine rings is 1. The van der Waals surface area contributed by atoms with Gasteiger partial charge in [0.15, 0.2) is 5.82 Å². The quantitative estimate of drug-likeness (QED) is 0.150. The molecule has 0 radical (unpaired) electrons. The van der Waals surface area contributed by atoms with Crippen LogP contribution in [0.5, 0.6) is 0 Å². The highest BCUT2D eigenvalue weighted by Crippen LogP contribution is 2.35. The highest BCUT2D eigenvalue weighted by molar-refractivity contribution is 6.34. The minimum atomic E-state index is -0.639. The monoisotopic (exact) mass is 770 g/mol. The maximum atomic E-state index is 15.8. The fourth-order valence-corrected chi connectivity index (χ4v) is 6.71. The Kier molecular flexibility index (Phi) is 15.0. The first-order valence-electron chi connectivity index (χ1n) is 17.5. The number of carbonyl (C=O) groups is 3. The molecule has 2 aromatic carbocycles. The van der Waals surface area contributed by atoms with Gasteiger partial charge in [0.25, 0.3) is 11.8 Å². The summed E-state index contributed by atoms with van der Waals surface area (Å²) in [6, 6.07) is 7.96. The third-order valence-corrected chi connectivity index (χ3v) is 9.98. The summed E-state index contributed by atoms with van der Waals surface area (Å²) in [4.78, 5) is 53.9. The Labute approximate surface area is 321 Å².